The summed E-state index contributed by atoms with van der Waals surface area (Å²) in [6, 6.07) is 50.3. The summed E-state index contributed by atoms with van der Waals surface area (Å²) in [7, 11) is 0. The van der Waals surface area contributed by atoms with Gasteiger partial charge in [-0.2, -0.15) is 0 Å². The smallest absolute Gasteiger partial charge is 0.122 e. The molecule has 0 fully saturated rings. The molecule has 0 amide bonds. The van der Waals surface area contributed by atoms with Gasteiger partial charge in [0, 0.05) is 22.3 Å². The van der Waals surface area contributed by atoms with Gasteiger partial charge in [-0.1, -0.05) is 168 Å². The number of hydrogen-bond acceptors (Lipinski definition) is 6. The number of aromatic hydroxyl groups is 6. The van der Waals surface area contributed by atoms with E-state index in [1.165, 1.54) is 33.4 Å². The number of benzene rings is 12. The summed E-state index contributed by atoms with van der Waals surface area (Å²) in [5.74, 6) is 1.92. The predicted molar refractivity (Wildman–Crippen MR) is 360 cm³/mol. The Morgan fingerprint density at radius 3 is 0.835 bits per heavy atom. The van der Waals surface area contributed by atoms with Crippen molar-refractivity contribution in [3.8, 4) is 45.6 Å². The molecule has 0 heterocycles. The number of rotatable bonds is 10. The van der Waals surface area contributed by atoms with Gasteiger partial charge < -0.3 is 30.6 Å². The number of aryl methyl sites for hydroxylation is 8. The Bertz CT molecular complexity index is 4140. The molecular formula is C79H82O6. The molecule has 0 saturated carbocycles. The molecule has 12 aromatic rings. The van der Waals surface area contributed by atoms with E-state index in [1.54, 1.807) is 12.1 Å². The van der Waals surface area contributed by atoms with Crippen molar-refractivity contribution in [1.29, 1.82) is 0 Å². The molecule has 0 radical (unpaired) electrons. The fraction of sp³-hybridized carbons (Fsp3) is 0.266. The topological polar surface area (TPSA) is 121 Å². The van der Waals surface area contributed by atoms with Crippen LogP contribution in [0, 0.1) is 0 Å². The fourth-order valence-electron chi connectivity index (χ4n) is 14.3. The van der Waals surface area contributed by atoms with Gasteiger partial charge in [0.25, 0.3) is 0 Å². The van der Waals surface area contributed by atoms with Crippen LogP contribution in [-0.2, 0) is 56.8 Å². The molecule has 0 aliphatic heterocycles. The van der Waals surface area contributed by atoms with Gasteiger partial charge in [-0.25, -0.2) is 0 Å². The van der Waals surface area contributed by atoms with Crippen LogP contribution in [0.3, 0.4) is 0 Å². The molecule has 1 aliphatic rings. The quantitative estimate of drug-likeness (QED) is 0.0759. The van der Waals surface area contributed by atoms with E-state index in [-0.39, 0.29) is 11.5 Å². The minimum Gasteiger partial charge on any atom is -0.508 e. The normalized spacial score (nSPS) is 12.3. The summed E-state index contributed by atoms with van der Waals surface area (Å²) in [5, 5.41) is 81.5. The minimum atomic E-state index is -0.495. The standard InChI is InChI=1S/C42H48O4.C33H22O2.2C2H6/c1-9-21-17-29-33(25(13-5)39(21)43)34-26(14-6)40(44)23(11-3)19-31(34)38-32-20-24(12-4)42(46)28(16-8)36(32)35-27(15-7)41(45)22(10-2)18-30(35)37(29)38;34-27-15-11-21-17-25(13-9-23(21)19-27)33(26-14-10-24-20-28(35)16-12-22(24)18-26)31-7-3-1-5-29(31)30-6-2-4-8-32(30)33;2*1-2/h17-20,43-46H,9-16H2,1-8H3;1-20,34-35H;2*1-2H3. The van der Waals surface area contributed by atoms with E-state index in [9.17, 15) is 30.6 Å². The molecular weight excluding hydrogens is 1040 g/mol. The molecule has 0 atom stereocenters. The first-order chi connectivity index (χ1) is 41.3. The van der Waals surface area contributed by atoms with Crippen LogP contribution in [0.25, 0.3) is 86.5 Å². The summed E-state index contributed by atoms with van der Waals surface area (Å²) in [5.41, 5.74) is 14.2. The van der Waals surface area contributed by atoms with Gasteiger partial charge in [0.1, 0.15) is 34.5 Å². The van der Waals surface area contributed by atoms with E-state index in [2.05, 4.69) is 165 Å². The van der Waals surface area contributed by atoms with Crippen LogP contribution in [0.2, 0.25) is 0 Å². The lowest BCUT2D eigenvalue weighted by Crippen LogP contribution is -2.28. The maximum Gasteiger partial charge on any atom is 0.122 e. The average Bonchev–Trinajstić information content (AvgIpc) is 1.43. The molecule has 6 N–H and O–H groups in total. The SMILES string of the molecule is CC.CC.CCc1cc2c(c(CC)c1O)c1c(CC)c(O)c(CC)cc1c1c3cc(CC)c(O)c(CC)c3c3c(CC)c(O)c(CC)cc3c21.Oc1ccc2cc(C3(c4ccc5cc(O)ccc5c4)c4ccccc4-c4ccccc43)ccc2c1. The average molecular weight is 1130 g/mol. The lowest BCUT2D eigenvalue weighted by molar-refractivity contribution is 0.462. The van der Waals surface area contributed by atoms with Gasteiger partial charge in [0.2, 0.25) is 0 Å². The zero-order chi connectivity index (χ0) is 60.8. The monoisotopic (exact) mass is 1130 g/mol. The first-order valence-electron chi connectivity index (χ1n) is 31.2. The van der Waals surface area contributed by atoms with Crippen LogP contribution >= 0.6 is 0 Å². The molecule has 13 rings (SSSR count). The van der Waals surface area contributed by atoms with Crippen molar-refractivity contribution in [3.63, 3.8) is 0 Å². The van der Waals surface area contributed by atoms with Crippen molar-refractivity contribution < 1.29 is 30.6 Å². The van der Waals surface area contributed by atoms with E-state index in [0.717, 1.165) is 120 Å². The van der Waals surface area contributed by atoms with Crippen molar-refractivity contribution in [2.45, 2.75) is 140 Å². The Balaban J connectivity index is 0.000000184. The third kappa shape index (κ3) is 9.22. The number of phenolic OH excluding ortho intramolecular Hbond substituents is 6. The lowest BCUT2D eigenvalue weighted by atomic mass is 9.67. The Morgan fingerprint density at radius 2 is 0.553 bits per heavy atom. The van der Waals surface area contributed by atoms with Crippen molar-refractivity contribution >= 4 is 75.4 Å². The molecule has 12 aromatic carbocycles. The van der Waals surface area contributed by atoms with Gasteiger partial charge in [-0.15, -0.1) is 0 Å². The fourth-order valence-corrected chi connectivity index (χ4v) is 14.3. The van der Waals surface area contributed by atoms with Crippen LogP contribution in [0.4, 0.5) is 0 Å². The zero-order valence-corrected chi connectivity index (χ0v) is 51.7. The number of fused-ring (bicyclic) bond motifs is 16. The largest absolute Gasteiger partial charge is 0.508 e. The molecule has 85 heavy (non-hydrogen) atoms. The van der Waals surface area contributed by atoms with Gasteiger partial charge in [-0.3, -0.25) is 0 Å². The van der Waals surface area contributed by atoms with Gasteiger partial charge in [0.15, 0.2) is 0 Å². The lowest BCUT2D eigenvalue weighted by Gasteiger charge is -2.34. The Hall–Kier alpha value is -8.74. The van der Waals surface area contributed by atoms with E-state index >= 15 is 0 Å². The molecule has 0 unspecified atom stereocenters. The molecule has 6 heteroatoms. The highest BCUT2D eigenvalue weighted by Gasteiger charge is 2.46. The summed E-state index contributed by atoms with van der Waals surface area (Å²) < 4.78 is 0. The molecule has 1 aliphatic carbocycles. The van der Waals surface area contributed by atoms with E-state index in [0.29, 0.717) is 74.4 Å². The van der Waals surface area contributed by atoms with Crippen LogP contribution in [-0.4, -0.2) is 30.6 Å². The number of phenols is 6. The van der Waals surface area contributed by atoms with Crippen LogP contribution in [0.15, 0.2) is 146 Å². The molecule has 6 nitrogen and oxygen atoms in total. The summed E-state index contributed by atoms with van der Waals surface area (Å²) in [6.45, 7) is 24.7. The Kier molecular flexibility index (Phi) is 16.8. The third-order valence-corrected chi connectivity index (χ3v) is 18.1. The highest BCUT2D eigenvalue weighted by Crippen LogP contribution is 2.57. The molecule has 0 saturated heterocycles. The molecule has 0 spiro atoms. The highest BCUT2D eigenvalue weighted by atomic mass is 16.3. The second-order valence-electron chi connectivity index (χ2n) is 22.1. The Labute approximate surface area is 501 Å². The van der Waals surface area contributed by atoms with Crippen molar-refractivity contribution in [1.82, 2.24) is 0 Å². The second kappa shape index (κ2) is 24.1. The zero-order valence-electron chi connectivity index (χ0n) is 51.7. The first-order valence-corrected chi connectivity index (χ1v) is 31.2. The second-order valence-corrected chi connectivity index (χ2v) is 22.1. The summed E-state index contributed by atoms with van der Waals surface area (Å²) >= 11 is 0. The first kappa shape index (κ1) is 59.4. The van der Waals surface area contributed by atoms with Crippen molar-refractivity contribution in [2.24, 2.45) is 0 Å². The summed E-state index contributed by atoms with van der Waals surface area (Å²) in [6.07, 6.45) is 5.36. The molecule has 434 valence electrons. The molecule has 0 aromatic heterocycles. The van der Waals surface area contributed by atoms with E-state index in [1.807, 2.05) is 52.0 Å². The number of hydrogen-bond donors (Lipinski definition) is 6. The minimum absolute atomic E-state index is 0.273. The van der Waals surface area contributed by atoms with Gasteiger partial charge in [0.05, 0.1) is 5.41 Å². The predicted octanol–water partition coefficient (Wildman–Crippen LogP) is 20.6. The van der Waals surface area contributed by atoms with Crippen LogP contribution in [0.1, 0.15) is 150 Å². The third-order valence-electron chi connectivity index (χ3n) is 18.1. The molecule has 0 bridgehead atoms. The van der Waals surface area contributed by atoms with Gasteiger partial charge in [-0.05, 0) is 243 Å². The van der Waals surface area contributed by atoms with E-state index < -0.39 is 5.41 Å². The van der Waals surface area contributed by atoms with E-state index in [4.69, 9.17) is 0 Å². The Morgan fingerprint density at radius 1 is 0.282 bits per heavy atom. The van der Waals surface area contributed by atoms with Crippen LogP contribution in [0.5, 0.6) is 34.5 Å². The maximum absolute atomic E-state index is 11.7. The van der Waals surface area contributed by atoms with Crippen molar-refractivity contribution in [2.75, 3.05) is 0 Å². The summed E-state index contributed by atoms with van der Waals surface area (Å²) in [4.78, 5) is 0. The highest BCUT2D eigenvalue weighted by molar-refractivity contribution is 6.41. The van der Waals surface area contributed by atoms with Gasteiger partial charge >= 0.3 is 0 Å². The maximum atomic E-state index is 11.7. The van der Waals surface area contributed by atoms with Crippen LogP contribution < -0.4 is 0 Å². The van der Waals surface area contributed by atoms with Crippen molar-refractivity contribution in [3.05, 3.63) is 212 Å².